The van der Waals surface area contributed by atoms with E-state index in [4.69, 9.17) is 9.47 Å². The zero-order valence-electron chi connectivity index (χ0n) is 13.0. The lowest BCUT2D eigenvalue weighted by Crippen LogP contribution is -1.98. The van der Waals surface area contributed by atoms with Crippen molar-refractivity contribution in [3.8, 4) is 17.2 Å². The standard InChI is InChI=1S/C17H19NO5/c1-22-16-4-3-11(5-15(16)21)8-18-13-6-12(9-19)14(10-20)17(7-13)23-2/h3-8,19-21H,9-10H2,1-2H3. The van der Waals surface area contributed by atoms with E-state index in [-0.39, 0.29) is 19.0 Å². The number of phenolic OH excluding ortho intramolecular Hbond substituents is 1. The second-order valence-corrected chi connectivity index (χ2v) is 4.79. The van der Waals surface area contributed by atoms with Gasteiger partial charge in [0, 0.05) is 17.8 Å². The molecule has 0 spiro atoms. The monoisotopic (exact) mass is 317 g/mol. The van der Waals surface area contributed by atoms with Crippen molar-refractivity contribution >= 4 is 11.9 Å². The van der Waals surface area contributed by atoms with Gasteiger partial charge in [-0.25, -0.2) is 0 Å². The van der Waals surface area contributed by atoms with Crippen LogP contribution in [0.15, 0.2) is 35.3 Å². The number of aliphatic imine (C=N–C) groups is 1. The van der Waals surface area contributed by atoms with E-state index in [0.29, 0.717) is 33.9 Å². The first kappa shape index (κ1) is 16.8. The number of rotatable bonds is 6. The van der Waals surface area contributed by atoms with E-state index in [0.717, 1.165) is 0 Å². The topological polar surface area (TPSA) is 91.5 Å². The van der Waals surface area contributed by atoms with Crippen molar-refractivity contribution < 1.29 is 24.8 Å². The van der Waals surface area contributed by atoms with Crippen LogP contribution in [0.3, 0.4) is 0 Å². The molecule has 2 aromatic rings. The Morgan fingerprint density at radius 3 is 2.30 bits per heavy atom. The normalized spacial score (nSPS) is 11.0. The highest BCUT2D eigenvalue weighted by Crippen LogP contribution is 2.30. The Hall–Kier alpha value is -2.57. The van der Waals surface area contributed by atoms with Crippen molar-refractivity contribution in [3.63, 3.8) is 0 Å². The summed E-state index contributed by atoms with van der Waals surface area (Å²) in [5.74, 6) is 0.878. The molecular formula is C17H19NO5. The molecule has 0 amide bonds. The lowest BCUT2D eigenvalue weighted by atomic mass is 10.1. The minimum atomic E-state index is -0.227. The van der Waals surface area contributed by atoms with Gasteiger partial charge in [0.25, 0.3) is 0 Å². The van der Waals surface area contributed by atoms with Gasteiger partial charge in [0.15, 0.2) is 11.5 Å². The summed E-state index contributed by atoms with van der Waals surface area (Å²) in [5, 5.41) is 28.5. The molecule has 2 rings (SSSR count). The van der Waals surface area contributed by atoms with E-state index in [1.807, 2.05) is 0 Å². The summed E-state index contributed by atoms with van der Waals surface area (Å²) in [6.45, 7) is -0.450. The number of nitrogens with zero attached hydrogens (tertiary/aromatic N) is 1. The van der Waals surface area contributed by atoms with Gasteiger partial charge in [-0.15, -0.1) is 0 Å². The molecule has 0 heterocycles. The summed E-state index contributed by atoms with van der Waals surface area (Å²) in [6, 6.07) is 8.28. The molecule has 0 aromatic heterocycles. The third kappa shape index (κ3) is 3.80. The molecule has 3 N–H and O–H groups in total. The van der Waals surface area contributed by atoms with Gasteiger partial charge in [-0.2, -0.15) is 0 Å². The second kappa shape index (κ2) is 7.62. The fraction of sp³-hybridized carbons (Fsp3) is 0.235. The molecule has 2 aromatic carbocycles. The number of phenols is 1. The molecule has 0 saturated carbocycles. The maximum Gasteiger partial charge on any atom is 0.160 e. The summed E-state index contributed by atoms with van der Waals surface area (Å²) in [6.07, 6.45) is 1.58. The van der Waals surface area contributed by atoms with Crippen LogP contribution < -0.4 is 9.47 Å². The molecule has 122 valence electrons. The molecule has 0 aliphatic rings. The van der Waals surface area contributed by atoms with Gasteiger partial charge in [0.1, 0.15) is 5.75 Å². The second-order valence-electron chi connectivity index (χ2n) is 4.79. The van der Waals surface area contributed by atoms with Crippen LogP contribution in [0.1, 0.15) is 16.7 Å². The predicted molar refractivity (Wildman–Crippen MR) is 86.8 cm³/mol. The van der Waals surface area contributed by atoms with Crippen LogP contribution in [0.2, 0.25) is 0 Å². The summed E-state index contributed by atoms with van der Waals surface area (Å²) < 4.78 is 10.2. The molecule has 6 heteroatoms. The molecule has 0 atom stereocenters. The molecule has 0 radical (unpaired) electrons. The number of benzene rings is 2. The molecule has 23 heavy (non-hydrogen) atoms. The quantitative estimate of drug-likeness (QED) is 0.710. The van der Waals surface area contributed by atoms with E-state index >= 15 is 0 Å². The number of ether oxygens (including phenoxy) is 2. The molecular weight excluding hydrogens is 298 g/mol. The van der Waals surface area contributed by atoms with Gasteiger partial charge in [-0.1, -0.05) is 0 Å². The van der Waals surface area contributed by atoms with Crippen LogP contribution >= 0.6 is 0 Å². The summed E-state index contributed by atoms with van der Waals surface area (Å²) >= 11 is 0. The van der Waals surface area contributed by atoms with E-state index in [9.17, 15) is 15.3 Å². The molecule has 0 aliphatic carbocycles. The van der Waals surface area contributed by atoms with E-state index in [2.05, 4.69) is 4.99 Å². The SMILES string of the molecule is COc1ccc(C=Nc2cc(CO)c(CO)c(OC)c2)cc1O. The van der Waals surface area contributed by atoms with Gasteiger partial charge in [0.05, 0.1) is 33.1 Å². The third-order valence-corrected chi connectivity index (χ3v) is 3.40. The van der Waals surface area contributed by atoms with Gasteiger partial charge >= 0.3 is 0 Å². The first-order valence-electron chi connectivity index (χ1n) is 6.95. The average molecular weight is 317 g/mol. The number of aliphatic hydroxyl groups is 2. The predicted octanol–water partition coefficient (Wildman–Crippen LogP) is 2.14. The first-order valence-corrected chi connectivity index (χ1v) is 6.95. The van der Waals surface area contributed by atoms with Crippen LogP contribution in [0.5, 0.6) is 17.2 Å². The number of hydrogen-bond acceptors (Lipinski definition) is 6. The van der Waals surface area contributed by atoms with Crippen molar-refractivity contribution in [2.75, 3.05) is 14.2 Å². The maximum absolute atomic E-state index is 9.75. The number of methoxy groups -OCH3 is 2. The van der Waals surface area contributed by atoms with Crippen LogP contribution in [0, 0.1) is 0 Å². The third-order valence-electron chi connectivity index (χ3n) is 3.40. The Labute approximate surface area is 134 Å². The summed E-state index contributed by atoms with van der Waals surface area (Å²) in [5.41, 5.74) is 2.35. The Morgan fingerprint density at radius 2 is 1.74 bits per heavy atom. The van der Waals surface area contributed by atoms with Crippen molar-refractivity contribution in [1.29, 1.82) is 0 Å². The Bertz CT molecular complexity index is 687. The number of hydrogen-bond donors (Lipinski definition) is 3. The number of aromatic hydroxyl groups is 1. The number of aliphatic hydroxyl groups excluding tert-OH is 2. The first-order chi connectivity index (χ1) is 11.1. The summed E-state index contributed by atoms with van der Waals surface area (Å²) in [7, 11) is 2.97. The van der Waals surface area contributed by atoms with Crippen LogP contribution in [-0.4, -0.2) is 35.8 Å². The molecule has 0 fully saturated rings. The molecule has 0 saturated heterocycles. The van der Waals surface area contributed by atoms with Crippen molar-refractivity contribution in [1.82, 2.24) is 0 Å². The van der Waals surface area contributed by atoms with Crippen LogP contribution in [0.4, 0.5) is 5.69 Å². The smallest absolute Gasteiger partial charge is 0.160 e. The maximum atomic E-state index is 9.75. The van der Waals surface area contributed by atoms with Gasteiger partial charge in [-0.3, -0.25) is 4.99 Å². The zero-order valence-corrected chi connectivity index (χ0v) is 13.0. The summed E-state index contributed by atoms with van der Waals surface area (Å²) in [4.78, 5) is 4.32. The van der Waals surface area contributed by atoms with E-state index in [1.165, 1.54) is 20.3 Å². The van der Waals surface area contributed by atoms with Gasteiger partial charge < -0.3 is 24.8 Å². The average Bonchev–Trinajstić information content (AvgIpc) is 2.58. The zero-order chi connectivity index (χ0) is 16.8. The molecule has 0 unspecified atom stereocenters. The van der Waals surface area contributed by atoms with E-state index < -0.39 is 0 Å². The Balaban J connectivity index is 2.34. The molecule has 6 nitrogen and oxygen atoms in total. The highest BCUT2D eigenvalue weighted by molar-refractivity contribution is 5.83. The minimum Gasteiger partial charge on any atom is -0.504 e. The fourth-order valence-corrected chi connectivity index (χ4v) is 2.20. The molecule has 0 aliphatic heterocycles. The van der Waals surface area contributed by atoms with Crippen molar-refractivity contribution in [2.24, 2.45) is 4.99 Å². The fourth-order valence-electron chi connectivity index (χ4n) is 2.20. The van der Waals surface area contributed by atoms with Gasteiger partial charge in [0.2, 0.25) is 0 Å². The lowest BCUT2D eigenvalue weighted by molar-refractivity contribution is 0.254. The largest absolute Gasteiger partial charge is 0.504 e. The molecule has 0 bridgehead atoms. The highest BCUT2D eigenvalue weighted by atomic mass is 16.5. The van der Waals surface area contributed by atoms with Crippen molar-refractivity contribution in [3.05, 3.63) is 47.0 Å². The van der Waals surface area contributed by atoms with Gasteiger partial charge in [-0.05, 0) is 35.4 Å². The minimum absolute atomic E-state index is 0.0284. The Kier molecular flexibility index (Phi) is 5.56. The lowest BCUT2D eigenvalue weighted by Gasteiger charge is -2.11. The highest BCUT2D eigenvalue weighted by Gasteiger charge is 2.10. The van der Waals surface area contributed by atoms with E-state index in [1.54, 1.807) is 30.5 Å². The Morgan fingerprint density at radius 1 is 1.00 bits per heavy atom. The van der Waals surface area contributed by atoms with Crippen LogP contribution in [-0.2, 0) is 13.2 Å². The van der Waals surface area contributed by atoms with Crippen LogP contribution in [0.25, 0.3) is 0 Å². The van der Waals surface area contributed by atoms with Crippen molar-refractivity contribution in [2.45, 2.75) is 13.2 Å².